The zero-order chi connectivity index (χ0) is 14.8. The molecule has 0 spiro atoms. The van der Waals surface area contributed by atoms with Crippen molar-refractivity contribution in [1.82, 2.24) is 0 Å². The Balaban J connectivity index is 1.60. The lowest BCUT2D eigenvalue weighted by atomic mass is 9.86. The zero-order valence-corrected chi connectivity index (χ0v) is 11.7. The van der Waals surface area contributed by atoms with E-state index in [0.29, 0.717) is 23.9 Å². The molecule has 3 nitrogen and oxygen atoms in total. The van der Waals surface area contributed by atoms with E-state index < -0.39 is 6.61 Å². The van der Waals surface area contributed by atoms with Gasteiger partial charge in [-0.1, -0.05) is 18.6 Å². The number of ether oxygens (including phenoxy) is 1. The van der Waals surface area contributed by atoms with Crippen LogP contribution in [0.3, 0.4) is 0 Å². The highest BCUT2D eigenvalue weighted by Gasteiger charge is 2.40. The Kier molecular flexibility index (Phi) is 4.08. The molecular weight excluding hydrogens is 276 g/mol. The van der Waals surface area contributed by atoms with Crippen molar-refractivity contribution in [2.45, 2.75) is 38.7 Å². The Morgan fingerprint density at radius 2 is 2.10 bits per heavy atom. The molecule has 1 N–H and O–H groups in total. The Hall–Kier alpha value is -1.65. The van der Waals surface area contributed by atoms with E-state index in [1.54, 1.807) is 18.2 Å². The largest absolute Gasteiger partial charge is 0.433 e. The molecule has 2 aliphatic carbocycles. The van der Waals surface area contributed by atoms with E-state index in [4.69, 9.17) is 0 Å². The van der Waals surface area contributed by atoms with Crippen molar-refractivity contribution in [1.29, 1.82) is 0 Å². The fourth-order valence-electron chi connectivity index (χ4n) is 3.83. The monoisotopic (exact) mass is 295 g/mol. The van der Waals surface area contributed by atoms with Crippen LogP contribution in [-0.2, 0) is 4.79 Å². The summed E-state index contributed by atoms with van der Waals surface area (Å²) >= 11 is 0. The minimum Gasteiger partial charge on any atom is -0.433 e. The van der Waals surface area contributed by atoms with E-state index in [1.165, 1.54) is 25.3 Å². The van der Waals surface area contributed by atoms with Gasteiger partial charge in [-0.05, 0) is 49.1 Å². The molecule has 114 valence electrons. The van der Waals surface area contributed by atoms with E-state index in [-0.39, 0.29) is 11.7 Å². The maximum absolute atomic E-state index is 12.3. The van der Waals surface area contributed by atoms with Crippen LogP contribution in [0, 0.1) is 17.8 Å². The summed E-state index contributed by atoms with van der Waals surface area (Å²) in [5.41, 5.74) is 0.311. The molecule has 0 aliphatic heterocycles. The Bertz CT molecular complexity index is 521. The molecule has 0 unspecified atom stereocenters. The number of hydrogen-bond donors (Lipinski definition) is 1. The second kappa shape index (κ2) is 6.00. The zero-order valence-electron chi connectivity index (χ0n) is 11.7. The number of nitrogens with one attached hydrogen (secondary N) is 1. The number of hydrogen-bond acceptors (Lipinski definition) is 2. The first-order chi connectivity index (χ1) is 10.1. The first kappa shape index (κ1) is 14.3. The maximum Gasteiger partial charge on any atom is 0.387 e. The number of para-hydroxylation sites is 2. The van der Waals surface area contributed by atoms with Gasteiger partial charge in [-0.15, -0.1) is 0 Å². The maximum atomic E-state index is 12.3. The van der Waals surface area contributed by atoms with E-state index >= 15 is 0 Å². The number of carbonyl (C=O) groups is 1. The van der Waals surface area contributed by atoms with Crippen molar-refractivity contribution in [3.8, 4) is 5.75 Å². The second-order valence-corrected chi connectivity index (χ2v) is 6.06. The Morgan fingerprint density at radius 1 is 1.29 bits per heavy atom. The third kappa shape index (κ3) is 3.34. The third-order valence-corrected chi connectivity index (χ3v) is 4.71. The molecule has 1 aromatic rings. The molecule has 0 radical (unpaired) electrons. The SMILES string of the molecule is O=C(C[C@@H]1C[C@H]2CC[C@@H]1C2)Nc1ccccc1OC(F)F. The highest BCUT2D eigenvalue weighted by atomic mass is 19.3. The molecule has 2 fully saturated rings. The highest BCUT2D eigenvalue weighted by molar-refractivity contribution is 5.92. The lowest BCUT2D eigenvalue weighted by Gasteiger charge is -2.21. The smallest absolute Gasteiger partial charge is 0.387 e. The first-order valence-electron chi connectivity index (χ1n) is 7.45. The minimum absolute atomic E-state index is 0.00814. The summed E-state index contributed by atoms with van der Waals surface area (Å²) in [7, 11) is 0. The van der Waals surface area contributed by atoms with Crippen LogP contribution in [0.4, 0.5) is 14.5 Å². The van der Waals surface area contributed by atoms with Crippen molar-refractivity contribution in [3.63, 3.8) is 0 Å². The Morgan fingerprint density at radius 3 is 2.76 bits per heavy atom. The molecule has 3 rings (SSSR count). The molecule has 21 heavy (non-hydrogen) atoms. The molecule has 0 heterocycles. The van der Waals surface area contributed by atoms with Crippen LogP contribution in [0.1, 0.15) is 32.1 Å². The number of amides is 1. The third-order valence-electron chi connectivity index (χ3n) is 4.71. The van der Waals surface area contributed by atoms with Gasteiger partial charge in [0.05, 0.1) is 5.69 Å². The van der Waals surface area contributed by atoms with Gasteiger partial charge in [0.15, 0.2) is 0 Å². The summed E-state index contributed by atoms with van der Waals surface area (Å²) in [5, 5.41) is 2.70. The number of benzene rings is 1. The summed E-state index contributed by atoms with van der Waals surface area (Å²) in [5.74, 6) is 1.81. The summed E-state index contributed by atoms with van der Waals surface area (Å²) in [6.07, 6.45) is 5.39. The summed E-state index contributed by atoms with van der Waals surface area (Å²) in [6, 6.07) is 6.30. The number of alkyl halides is 2. The minimum atomic E-state index is -2.89. The molecule has 0 aromatic heterocycles. The van der Waals surface area contributed by atoms with Crippen LogP contribution in [0.2, 0.25) is 0 Å². The van der Waals surface area contributed by atoms with Gasteiger partial charge in [0.25, 0.3) is 0 Å². The van der Waals surface area contributed by atoms with Gasteiger partial charge >= 0.3 is 6.61 Å². The normalized spacial score (nSPS) is 27.1. The number of rotatable bonds is 5. The second-order valence-electron chi connectivity index (χ2n) is 6.06. The van der Waals surface area contributed by atoms with E-state index in [0.717, 1.165) is 12.3 Å². The van der Waals surface area contributed by atoms with Crippen molar-refractivity contribution >= 4 is 11.6 Å². The fourth-order valence-corrected chi connectivity index (χ4v) is 3.83. The molecule has 1 amide bonds. The average molecular weight is 295 g/mol. The van der Waals surface area contributed by atoms with Gasteiger partial charge in [-0.25, -0.2) is 0 Å². The van der Waals surface area contributed by atoms with Crippen LogP contribution in [0.25, 0.3) is 0 Å². The van der Waals surface area contributed by atoms with Crippen LogP contribution in [0.15, 0.2) is 24.3 Å². The van der Waals surface area contributed by atoms with Gasteiger partial charge in [-0.2, -0.15) is 8.78 Å². The summed E-state index contributed by atoms with van der Waals surface area (Å²) in [6.45, 7) is -2.89. The standard InChI is InChI=1S/C16H19F2NO2/c17-16(18)21-14-4-2-1-3-13(14)19-15(20)9-12-8-10-5-6-11(12)7-10/h1-4,10-12,16H,5-9H2,(H,19,20)/t10-,11+,12-/m0/s1. The van der Waals surface area contributed by atoms with Gasteiger partial charge in [0.2, 0.25) is 5.91 Å². The van der Waals surface area contributed by atoms with Crippen LogP contribution < -0.4 is 10.1 Å². The molecule has 5 heteroatoms. The number of carbonyl (C=O) groups excluding carboxylic acids is 1. The molecular formula is C16H19F2NO2. The van der Waals surface area contributed by atoms with Crippen LogP contribution in [0.5, 0.6) is 5.75 Å². The highest BCUT2D eigenvalue weighted by Crippen LogP contribution is 2.49. The Labute approximate surface area is 122 Å². The predicted octanol–water partition coefficient (Wildman–Crippen LogP) is 4.05. The molecule has 2 saturated carbocycles. The van der Waals surface area contributed by atoms with Gasteiger partial charge in [-0.3, -0.25) is 4.79 Å². The number of fused-ring (bicyclic) bond motifs is 2. The van der Waals surface area contributed by atoms with Crippen molar-refractivity contribution < 1.29 is 18.3 Å². The quantitative estimate of drug-likeness (QED) is 0.890. The molecule has 1 aromatic carbocycles. The van der Waals surface area contributed by atoms with E-state index in [9.17, 15) is 13.6 Å². The van der Waals surface area contributed by atoms with Gasteiger partial charge in [0.1, 0.15) is 5.75 Å². The molecule has 2 bridgehead atoms. The topological polar surface area (TPSA) is 38.3 Å². The predicted molar refractivity (Wildman–Crippen MR) is 75.3 cm³/mol. The average Bonchev–Trinajstić information content (AvgIpc) is 3.02. The molecule has 0 saturated heterocycles. The van der Waals surface area contributed by atoms with Crippen LogP contribution >= 0.6 is 0 Å². The van der Waals surface area contributed by atoms with Crippen molar-refractivity contribution in [2.24, 2.45) is 17.8 Å². The van der Waals surface area contributed by atoms with E-state index in [1.807, 2.05) is 0 Å². The number of anilines is 1. The van der Waals surface area contributed by atoms with Gasteiger partial charge in [0, 0.05) is 6.42 Å². The van der Waals surface area contributed by atoms with Gasteiger partial charge < -0.3 is 10.1 Å². The lowest BCUT2D eigenvalue weighted by Crippen LogP contribution is -2.20. The number of halogens is 2. The van der Waals surface area contributed by atoms with Crippen molar-refractivity contribution in [2.75, 3.05) is 5.32 Å². The fraction of sp³-hybridized carbons (Fsp3) is 0.562. The van der Waals surface area contributed by atoms with Crippen molar-refractivity contribution in [3.05, 3.63) is 24.3 Å². The molecule has 2 aliphatic rings. The molecule has 3 atom stereocenters. The lowest BCUT2D eigenvalue weighted by molar-refractivity contribution is -0.117. The first-order valence-corrected chi connectivity index (χ1v) is 7.45. The van der Waals surface area contributed by atoms with Crippen LogP contribution in [-0.4, -0.2) is 12.5 Å². The summed E-state index contributed by atoms with van der Waals surface area (Å²) in [4.78, 5) is 12.1. The summed E-state index contributed by atoms with van der Waals surface area (Å²) < 4.78 is 29.1. The van der Waals surface area contributed by atoms with E-state index in [2.05, 4.69) is 10.1 Å².